The lowest BCUT2D eigenvalue weighted by Crippen LogP contribution is -2.51. The Morgan fingerprint density at radius 1 is 1.31 bits per heavy atom. The molecule has 94 valence electrons. The van der Waals surface area contributed by atoms with Crippen molar-refractivity contribution in [3.8, 4) is 0 Å². The van der Waals surface area contributed by atoms with E-state index in [1.54, 1.807) is 6.92 Å². The number of carbonyl (C=O) groups excluding carboxylic acids is 1. The number of nitrogens with zero attached hydrogens (tertiary/aromatic N) is 1. The third kappa shape index (κ3) is 6.20. The monoisotopic (exact) mass is 233 g/mol. The molecule has 0 spiro atoms. The molecule has 0 aliphatic heterocycles. The van der Waals surface area contributed by atoms with Crippen molar-refractivity contribution >= 4 is 12.0 Å². The molecule has 0 saturated carbocycles. The molecule has 0 saturated heterocycles. The minimum absolute atomic E-state index is 0.108. The first-order valence-electron chi connectivity index (χ1n) is 4.92. The van der Waals surface area contributed by atoms with Crippen molar-refractivity contribution in [3.05, 3.63) is 0 Å². The van der Waals surface area contributed by atoms with E-state index in [9.17, 15) is 9.59 Å². The Hall–Kier alpha value is -1.34. The molecule has 0 fully saturated rings. The second kappa shape index (κ2) is 7.02. The SMILES string of the molecule is CC(CN(C)C)NC(=O)N[C@H](CO)C(=O)O. The van der Waals surface area contributed by atoms with Crippen LogP contribution in [-0.4, -0.2) is 66.4 Å². The van der Waals surface area contributed by atoms with Crippen LogP contribution in [0.2, 0.25) is 0 Å². The van der Waals surface area contributed by atoms with Crippen LogP contribution >= 0.6 is 0 Å². The summed E-state index contributed by atoms with van der Waals surface area (Å²) in [5.74, 6) is -1.27. The van der Waals surface area contributed by atoms with Gasteiger partial charge in [-0.15, -0.1) is 0 Å². The molecule has 16 heavy (non-hydrogen) atoms. The number of carboxylic acids is 1. The van der Waals surface area contributed by atoms with E-state index >= 15 is 0 Å². The maximum Gasteiger partial charge on any atom is 0.328 e. The molecular weight excluding hydrogens is 214 g/mol. The molecule has 0 aromatic heterocycles. The van der Waals surface area contributed by atoms with Gasteiger partial charge in [0.2, 0.25) is 0 Å². The number of carbonyl (C=O) groups is 2. The first-order chi connectivity index (χ1) is 7.36. The number of urea groups is 1. The summed E-state index contributed by atoms with van der Waals surface area (Å²) in [5.41, 5.74) is 0. The summed E-state index contributed by atoms with van der Waals surface area (Å²) in [6.45, 7) is 1.81. The summed E-state index contributed by atoms with van der Waals surface area (Å²) in [6.07, 6.45) is 0. The molecule has 2 amide bonds. The van der Waals surface area contributed by atoms with Gasteiger partial charge in [-0.1, -0.05) is 0 Å². The Morgan fingerprint density at radius 2 is 1.88 bits per heavy atom. The van der Waals surface area contributed by atoms with E-state index in [2.05, 4.69) is 10.6 Å². The summed E-state index contributed by atoms with van der Waals surface area (Å²) in [7, 11) is 3.73. The maximum atomic E-state index is 11.3. The number of hydrogen-bond acceptors (Lipinski definition) is 4. The van der Waals surface area contributed by atoms with Gasteiger partial charge in [-0.25, -0.2) is 9.59 Å². The second-order valence-electron chi connectivity index (χ2n) is 3.85. The Balaban J connectivity index is 4.02. The molecule has 0 radical (unpaired) electrons. The summed E-state index contributed by atoms with van der Waals surface area (Å²) in [4.78, 5) is 23.7. The quantitative estimate of drug-likeness (QED) is 0.456. The van der Waals surface area contributed by atoms with Gasteiger partial charge in [-0.2, -0.15) is 0 Å². The van der Waals surface area contributed by atoms with Crippen molar-refractivity contribution in [2.24, 2.45) is 0 Å². The van der Waals surface area contributed by atoms with Crippen molar-refractivity contribution in [1.29, 1.82) is 0 Å². The zero-order valence-electron chi connectivity index (χ0n) is 9.73. The number of hydrogen-bond donors (Lipinski definition) is 4. The molecule has 0 aromatic rings. The lowest BCUT2D eigenvalue weighted by molar-refractivity contribution is -0.140. The van der Waals surface area contributed by atoms with Crippen molar-refractivity contribution in [3.63, 3.8) is 0 Å². The molecule has 0 aliphatic carbocycles. The molecule has 1 unspecified atom stereocenters. The van der Waals surface area contributed by atoms with Crippen LogP contribution in [0.4, 0.5) is 4.79 Å². The molecule has 0 aliphatic rings. The zero-order chi connectivity index (χ0) is 12.7. The van der Waals surface area contributed by atoms with Crippen molar-refractivity contribution in [2.75, 3.05) is 27.2 Å². The number of amides is 2. The summed E-state index contributed by atoms with van der Waals surface area (Å²) < 4.78 is 0. The minimum atomic E-state index is -1.27. The van der Waals surface area contributed by atoms with E-state index in [0.717, 1.165) is 0 Å². The van der Waals surface area contributed by atoms with Crippen molar-refractivity contribution in [2.45, 2.75) is 19.0 Å². The van der Waals surface area contributed by atoms with Crippen molar-refractivity contribution in [1.82, 2.24) is 15.5 Å². The largest absolute Gasteiger partial charge is 0.480 e. The Morgan fingerprint density at radius 3 is 2.25 bits per heavy atom. The molecule has 7 nitrogen and oxygen atoms in total. The number of carboxylic acid groups (broad SMARTS) is 1. The van der Waals surface area contributed by atoms with Crippen LogP contribution in [0, 0.1) is 0 Å². The number of aliphatic hydroxyl groups excluding tert-OH is 1. The first kappa shape index (κ1) is 14.7. The first-order valence-corrected chi connectivity index (χ1v) is 4.92. The smallest absolute Gasteiger partial charge is 0.328 e. The average Bonchev–Trinajstić information content (AvgIpc) is 2.11. The van der Waals surface area contributed by atoms with Crippen LogP contribution in [0.1, 0.15) is 6.92 Å². The fourth-order valence-electron chi connectivity index (χ4n) is 1.20. The van der Waals surface area contributed by atoms with Crippen LogP contribution < -0.4 is 10.6 Å². The van der Waals surface area contributed by atoms with Gasteiger partial charge in [0, 0.05) is 12.6 Å². The van der Waals surface area contributed by atoms with E-state index in [4.69, 9.17) is 10.2 Å². The molecule has 0 aromatic carbocycles. The van der Waals surface area contributed by atoms with Crippen LogP contribution in [0.25, 0.3) is 0 Å². The van der Waals surface area contributed by atoms with E-state index in [1.165, 1.54) is 0 Å². The lowest BCUT2D eigenvalue weighted by Gasteiger charge is -2.19. The van der Waals surface area contributed by atoms with E-state index in [1.807, 2.05) is 19.0 Å². The van der Waals surface area contributed by atoms with Gasteiger partial charge >= 0.3 is 12.0 Å². The Kier molecular flexibility index (Phi) is 6.43. The van der Waals surface area contributed by atoms with Gasteiger partial charge in [-0.3, -0.25) is 0 Å². The number of nitrogens with one attached hydrogen (secondary N) is 2. The third-order valence-corrected chi connectivity index (χ3v) is 1.80. The standard InChI is InChI=1S/C9H19N3O4/c1-6(4-12(2)3)10-9(16)11-7(5-13)8(14)15/h6-7,13H,4-5H2,1-3H3,(H,14,15)(H2,10,11,16)/t6?,7-/m1/s1. The van der Waals surface area contributed by atoms with Gasteiger partial charge in [0.15, 0.2) is 6.04 Å². The molecule has 7 heteroatoms. The predicted octanol–water partition coefficient (Wildman–Crippen LogP) is -1.32. The van der Waals surface area contributed by atoms with E-state index in [-0.39, 0.29) is 6.04 Å². The minimum Gasteiger partial charge on any atom is -0.480 e. The summed E-state index contributed by atoms with van der Waals surface area (Å²) in [5, 5.41) is 22.0. The number of rotatable bonds is 6. The van der Waals surface area contributed by atoms with Gasteiger partial charge in [0.05, 0.1) is 6.61 Å². The molecule has 0 bridgehead atoms. The zero-order valence-corrected chi connectivity index (χ0v) is 9.73. The van der Waals surface area contributed by atoms with Crippen LogP contribution in [0.5, 0.6) is 0 Å². The fraction of sp³-hybridized carbons (Fsp3) is 0.778. The molecule has 4 N–H and O–H groups in total. The topological polar surface area (TPSA) is 102 Å². The van der Waals surface area contributed by atoms with E-state index in [0.29, 0.717) is 6.54 Å². The number of likely N-dealkylation sites (N-methyl/N-ethyl adjacent to an activating group) is 1. The average molecular weight is 233 g/mol. The highest BCUT2D eigenvalue weighted by Crippen LogP contribution is 1.87. The normalized spacial score (nSPS) is 14.3. The molecular formula is C9H19N3O4. The highest BCUT2D eigenvalue weighted by atomic mass is 16.4. The lowest BCUT2D eigenvalue weighted by atomic mass is 10.3. The number of aliphatic carboxylic acids is 1. The third-order valence-electron chi connectivity index (χ3n) is 1.80. The molecule has 0 rings (SSSR count). The van der Waals surface area contributed by atoms with Crippen LogP contribution in [0.15, 0.2) is 0 Å². The van der Waals surface area contributed by atoms with Gasteiger partial charge in [-0.05, 0) is 21.0 Å². The predicted molar refractivity (Wildman–Crippen MR) is 58.2 cm³/mol. The molecule has 2 atom stereocenters. The van der Waals surface area contributed by atoms with Gasteiger partial charge < -0.3 is 25.7 Å². The Labute approximate surface area is 94.4 Å². The van der Waals surface area contributed by atoms with Crippen molar-refractivity contribution < 1.29 is 19.8 Å². The Bertz CT molecular complexity index is 245. The van der Waals surface area contributed by atoms with Gasteiger partial charge in [0.25, 0.3) is 0 Å². The summed E-state index contributed by atoms with van der Waals surface area (Å²) >= 11 is 0. The summed E-state index contributed by atoms with van der Waals surface area (Å²) in [6, 6.07) is -1.98. The fourth-order valence-corrected chi connectivity index (χ4v) is 1.20. The van der Waals surface area contributed by atoms with Crippen LogP contribution in [-0.2, 0) is 4.79 Å². The van der Waals surface area contributed by atoms with Crippen LogP contribution in [0.3, 0.4) is 0 Å². The van der Waals surface area contributed by atoms with E-state index < -0.39 is 24.6 Å². The maximum absolute atomic E-state index is 11.3. The van der Waals surface area contributed by atoms with Gasteiger partial charge in [0.1, 0.15) is 0 Å². The highest BCUT2D eigenvalue weighted by molar-refractivity contribution is 5.82. The number of aliphatic hydroxyl groups is 1. The molecule has 0 heterocycles. The highest BCUT2D eigenvalue weighted by Gasteiger charge is 2.19. The second-order valence-corrected chi connectivity index (χ2v) is 3.85.